The molecule has 2 fully saturated rings. The molecule has 0 atom stereocenters. The Hall–Kier alpha value is -5.61. The number of hydrogen-bond acceptors (Lipinski definition) is 9. The van der Waals surface area contributed by atoms with Crippen molar-refractivity contribution in [2.45, 2.75) is 26.4 Å². The first-order valence-electron chi connectivity index (χ1n) is 17.5. The van der Waals surface area contributed by atoms with Gasteiger partial charge >= 0.3 is 6.09 Å². The van der Waals surface area contributed by atoms with Gasteiger partial charge in [0.2, 0.25) is 11.9 Å². The molecule has 2 saturated heterocycles. The molecule has 0 aliphatic carbocycles. The van der Waals surface area contributed by atoms with E-state index in [1.165, 1.54) is 21.5 Å². The van der Waals surface area contributed by atoms with Crippen molar-refractivity contribution < 1.29 is 9.53 Å². The van der Waals surface area contributed by atoms with Gasteiger partial charge in [0.05, 0.1) is 11.4 Å². The van der Waals surface area contributed by atoms with E-state index >= 15 is 0 Å². The van der Waals surface area contributed by atoms with Crippen LogP contribution in [0.4, 0.5) is 16.7 Å². The van der Waals surface area contributed by atoms with Crippen LogP contribution in [0.15, 0.2) is 109 Å². The lowest BCUT2D eigenvalue weighted by molar-refractivity contribution is 0.0516. The fourth-order valence-electron chi connectivity index (χ4n) is 6.31. The van der Waals surface area contributed by atoms with Gasteiger partial charge in [-0.25, -0.2) is 24.7 Å². The second-order valence-electron chi connectivity index (χ2n) is 14.3. The van der Waals surface area contributed by atoms with Gasteiger partial charge in [0.15, 0.2) is 0 Å². The minimum atomic E-state index is -0.479. The summed E-state index contributed by atoms with van der Waals surface area (Å²) in [5, 5.41) is 7.73. The fourth-order valence-corrected chi connectivity index (χ4v) is 6.31. The average molecular weight is 681 g/mol. The highest BCUT2D eigenvalue weighted by molar-refractivity contribution is 5.87. The van der Waals surface area contributed by atoms with Crippen LogP contribution in [-0.4, -0.2) is 70.9 Å². The zero-order chi connectivity index (χ0) is 35.4. The Morgan fingerprint density at radius 2 is 1.18 bits per heavy atom. The molecule has 2 aliphatic rings. The summed E-state index contributed by atoms with van der Waals surface area (Å²) in [6, 6.07) is 33.4. The van der Waals surface area contributed by atoms with Crippen molar-refractivity contribution in [1.82, 2.24) is 25.3 Å². The molecule has 0 unspecified atom stereocenters. The summed E-state index contributed by atoms with van der Waals surface area (Å²) in [4.78, 5) is 34.4. The van der Waals surface area contributed by atoms with Crippen LogP contribution in [0.5, 0.6) is 0 Å². The third kappa shape index (κ3) is 8.24. The van der Waals surface area contributed by atoms with Crippen molar-refractivity contribution in [2.75, 3.05) is 49.1 Å². The summed E-state index contributed by atoms with van der Waals surface area (Å²) in [6.07, 6.45) is 3.27. The number of alkyl carbamates (subject to hydrolysis) is 1. The monoisotopic (exact) mass is 680 g/mol. The van der Waals surface area contributed by atoms with Gasteiger partial charge in [-0.05, 0) is 73.1 Å². The number of aromatic nitrogens is 4. The van der Waals surface area contributed by atoms with Gasteiger partial charge in [-0.2, -0.15) is 0 Å². The molecule has 0 bridgehead atoms. The number of nitrogens with zero attached hydrogens (tertiary/aromatic N) is 6. The largest absolute Gasteiger partial charge is 0.444 e. The van der Waals surface area contributed by atoms with E-state index in [-0.39, 0.29) is 6.09 Å². The number of ether oxygens (including phenoxy) is 1. The van der Waals surface area contributed by atoms with Gasteiger partial charge in [0.1, 0.15) is 5.60 Å². The minimum absolute atomic E-state index is 0.370. The minimum Gasteiger partial charge on any atom is -0.444 e. The van der Waals surface area contributed by atoms with Crippen LogP contribution in [0.2, 0.25) is 0 Å². The lowest BCUT2D eigenvalue weighted by Gasteiger charge is -2.39. The summed E-state index contributed by atoms with van der Waals surface area (Å²) in [5.41, 5.74) is 9.28. The SMILES string of the molecule is CC(C)(C)OC(=O)NCC1CN(c2nccc(-c3ccc4ccccc4c3)n2)C1.NCC1CN(c2nccc(-c3ccc4ccccc4c3)n2)C1. The number of nitrogens with one attached hydrogen (secondary N) is 1. The molecule has 1 amide bonds. The standard InChI is InChI=1S/C23H26N4O2.C18H18N4/c1-23(2,3)29-22(28)25-13-16-14-27(15-16)21-24-11-10-20(26-21)19-9-8-17-6-4-5-7-18(17)12-19;19-10-13-11-22(12-13)18-20-8-7-17(21-18)16-6-5-14-3-1-2-4-15(14)9-16/h4-12,16H,13-15H2,1-3H3,(H,25,28);1-9,13H,10-12,19H2. The third-order valence-corrected chi connectivity index (χ3v) is 9.12. The predicted octanol–water partition coefficient (Wildman–Crippen LogP) is 6.95. The van der Waals surface area contributed by atoms with Crippen molar-refractivity contribution in [1.29, 1.82) is 0 Å². The van der Waals surface area contributed by atoms with E-state index < -0.39 is 5.60 Å². The highest BCUT2D eigenvalue weighted by atomic mass is 16.6. The Kier molecular flexibility index (Phi) is 9.76. The third-order valence-electron chi connectivity index (χ3n) is 9.12. The van der Waals surface area contributed by atoms with E-state index in [1.54, 1.807) is 6.20 Å². The van der Waals surface area contributed by atoms with Crippen LogP contribution in [0.3, 0.4) is 0 Å². The summed E-state index contributed by atoms with van der Waals surface area (Å²) in [5.74, 6) is 2.47. The van der Waals surface area contributed by atoms with Gasteiger partial charge in [0, 0.05) is 68.1 Å². The molecule has 4 aromatic carbocycles. The molecule has 51 heavy (non-hydrogen) atoms. The van der Waals surface area contributed by atoms with Crippen LogP contribution in [0.25, 0.3) is 44.1 Å². The molecule has 4 heterocycles. The van der Waals surface area contributed by atoms with Crippen molar-refractivity contribution in [3.8, 4) is 22.5 Å². The maximum absolute atomic E-state index is 11.8. The molecular weight excluding hydrogens is 637 g/mol. The van der Waals surface area contributed by atoms with E-state index in [0.717, 1.165) is 67.1 Å². The number of hydrogen-bond donors (Lipinski definition) is 2. The Morgan fingerprint density at radius 3 is 1.65 bits per heavy atom. The summed E-state index contributed by atoms with van der Waals surface area (Å²) in [7, 11) is 0. The lowest BCUT2D eigenvalue weighted by atomic mass is 10.0. The quantitative estimate of drug-likeness (QED) is 0.184. The second-order valence-corrected chi connectivity index (χ2v) is 14.3. The molecule has 0 spiro atoms. The number of carbonyl (C=O) groups excluding carboxylic acids is 1. The number of anilines is 2. The fraction of sp³-hybridized carbons (Fsp3) is 0.293. The van der Waals surface area contributed by atoms with Crippen molar-refractivity contribution in [3.63, 3.8) is 0 Å². The second kappa shape index (κ2) is 14.7. The Morgan fingerprint density at radius 1 is 0.706 bits per heavy atom. The van der Waals surface area contributed by atoms with Crippen molar-refractivity contribution in [3.05, 3.63) is 109 Å². The van der Waals surface area contributed by atoms with E-state index in [4.69, 9.17) is 20.4 Å². The van der Waals surface area contributed by atoms with Crippen LogP contribution in [-0.2, 0) is 4.74 Å². The zero-order valence-electron chi connectivity index (χ0n) is 29.4. The molecule has 6 aromatic rings. The molecule has 8 rings (SSSR count). The normalized spacial score (nSPS) is 14.7. The highest BCUT2D eigenvalue weighted by Gasteiger charge is 2.30. The Bertz CT molecular complexity index is 2140. The number of fused-ring (bicyclic) bond motifs is 2. The van der Waals surface area contributed by atoms with Crippen LogP contribution >= 0.6 is 0 Å². The number of amides is 1. The van der Waals surface area contributed by atoms with Crippen molar-refractivity contribution in [2.24, 2.45) is 17.6 Å². The molecule has 0 saturated carbocycles. The molecule has 10 nitrogen and oxygen atoms in total. The Labute approximate surface area is 298 Å². The molecule has 260 valence electrons. The molecule has 0 radical (unpaired) electrons. The van der Waals surface area contributed by atoms with Gasteiger partial charge < -0.3 is 25.6 Å². The first-order valence-corrected chi connectivity index (χ1v) is 17.5. The van der Waals surface area contributed by atoms with Gasteiger partial charge in [0.25, 0.3) is 0 Å². The predicted molar refractivity (Wildman–Crippen MR) is 205 cm³/mol. The number of carbonyl (C=O) groups is 1. The first-order chi connectivity index (χ1) is 24.7. The van der Waals surface area contributed by atoms with E-state index in [1.807, 2.05) is 51.2 Å². The molecular formula is C41H44N8O2. The van der Waals surface area contributed by atoms with Crippen LogP contribution in [0, 0.1) is 11.8 Å². The molecule has 2 aromatic heterocycles. The maximum Gasteiger partial charge on any atom is 0.407 e. The molecule has 3 N–H and O–H groups in total. The topological polar surface area (TPSA) is 122 Å². The van der Waals surface area contributed by atoms with Crippen LogP contribution in [0.1, 0.15) is 20.8 Å². The smallest absolute Gasteiger partial charge is 0.407 e. The summed E-state index contributed by atoms with van der Waals surface area (Å²) < 4.78 is 5.28. The zero-order valence-corrected chi connectivity index (χ0v) is 29.4. The van der Waals surface area contributed by atoms with Gasteiger partial charge in [-0.15, -0.1) is 0 Å². The summed E-state index contributed by atoms with van der Waals surface area (Å²) in [6.45, 7) is 10.5. The summed E-state index contributed by atoms with van der Waals surface area (Å²) >= 11 is 0. The number of nitrogens with two attached hydrogens (primary N) is 1. The number of benzene rings is 4. The maximum atomic E-state index is 11.8. The van der Waals surface area contributed by atoms with E-state index in [2.05, 4.69) is 97.9 Å². The molecule has 10 heteroatoms. The average Bonchev–Trinajstić information content (AvgIpc) is 3.10. The number of rotatable bonds is 7. The first kappa shape index (κ1) is 33.9. The van der Waals surface area contributed by atoms with E-state index in [9.17, 15) is 4.79 Å². The molecule has 2 aliphatic heterocycles. The van der Waals surface area contributed by atoms with Gasteiger partial charge in [-0.3, -0.25) is 0 Å². The highest BCUT2D eigenvalue weighted by Crippen LogP contribution is 2.28. The van der Waals surface area contributed by atoms with E-state index in [0.29, 0.717) is 18.4 Å². The Balaban J connectivity index is 0.000000165. The van der Waals surface area contributed by atoms with Crippen LogP contribution < -0.4 is 20.9 Å². The van der Waals surface area contributed by atoms with Crippen molar-refractivity contribution >= 4 is 39.5 Å². The lowest BCUT2D eigenvalue weighted by Crippen LogP contribution is -2.52. The van der Waals surface area contributed by atoms with Gasteiger partial charge in [-0.1, -0.05) is 72.8 Å².